The summed E-state index contributed by atoms with van der Waals surface area (Å²) in [5.74, 6) is 2.07. The van der Waals surface area contributed by atoms with Crippen molar-refractivity contribution in [1.82, 2.24) is 10.1 Å². The first-order chi connectivity index (χ1) is 10.3. The highest BCUT2D eigenvalue weighted by molar-refractivity contribution is 6.33. The second-order valence-electron chi connectivity index (χ2n) is 5.88. The van der Waals surface area contributed by atoms with E-state index in [9.17, 15) is 0 Å². The second kappa shape index (κ2) is 6.14. The van der Waals surface area contributed by atoms with E-state index >= 15 is 0 Å². The predicted molar refractivity (Wildman–Crippen MR) is 89.4 cm³/mol. The van der Waals surface area contributed by atoms with Gasteiger partial charge in [0.05, 0.1) is 17.5 Å². The van der Waals surface area contributed by atoms with Crippen molar-refractivity contribution in [2.75, 3.05) is 32.1 Å². The first-order valence-electron chi connectivity index (χ1n) is 7.37. The summed E-state index contributed by atoms with van der Waals surface area (Å²) in [5.41, 5.74) is 0.605. The molecule has 1 aromatic heterocycles. The molecule has 1 N–H and O–H groups in total. The van der Waals surface area contributed by atoms with Crippen molar-refractivity contribution in [2.24, 2.45) is 5.92 Å². The van der Waals surface area contributed by atoms with Gasteiger partial charge in [0.2, 0.25) is 5.58 Å². The molecule has 0 aliphatic carbocycles. The first kappa shape index (κ1) is 15.7. The molecule has 3 aliphatic heterocycles. The summed E-state index contributed by atoms with van der Waals surface area (Å²) in [6.45, 7) is 3.54. The molecule has 5 nitrogen and oxygen atoms in total. The number of fused-ring (bicyclic) bond motifs is 4. The third-order valence-electron chi connectivity index (χ3n) is 4.73. The molecule has 0 saturated carbocycles. The van der Waals surface area contributed by atoms with Crippen LogP contribution in [-0.2, 0) is 0 Å². The standard InChI is InChI=1S/C15H18ClN3O2.ClH/c1-20-14-11(16)3-2-10-13(14)21-18-15(10)17-12-8-19-6-4-9(12)5-7-19;/h2-3,9,12H,4-8H2,1H3,(H,17,18);1H/t12-;/m0./s1. The van der Waals surface area contributed by atoms with Crippen molar-refractivity contribution in [2.45, 2.75) is 18.9 Å². The molecule has 0 radical (unpaired) electrons. The molecule has 1 aromatic carbocycles. The Kier molecular flexibility index (Phi) is 4.39. The third-order valence-corrected chi connectivity index (χ3v) is 5.03. The van der Waals surface area contributed by atoms with Crippen LogP contribution in [0.5, 0.6) is 5.75 Å². The van der Waals surface area contributed by atoms with Crippen LogP contribution in [-0.4, -0.2) is 42.8 Å². The fourth-order valence-corrected chi connectivity index (χ4v) is 3.78. The minimum Gasteiger partial charge on any atom is -0.491 e. The Morgan fingerprint density at radius 3 is 2.77 bits per heavy atom. The van der Waals surface area contributed by atoms with E-state index < -0.39 is 0 Å². The number of piperidine rings is 3. The molecule has 5 rings (SSSR count). The smallest absolute Gasteiger partial charge is 0.212 e. The van der Waals surface area contributed by atoms with Gasteiger partial charge in [0.1, 0.15) is 0 Å². The van der Waals surface area contributed by atoms with Crippen LogP contribution in [0.2, 0.25) is 5.02 Å². The number of ether oxygens (including phenoxy) is 1. The van der Waals surface area contributed by atoms with Crippen molar-refractivity contribution in [1.29, 1.82) is 0 Å². The highest BCUT2D eigenvalue weighted by Gasteiger charge is 2.34. The Bertz CT molecular complexity index is 668. The number of aromatic nitrogens is 1. The van der Waals surface area contributed by atoms with Crippen LogP contribution >= 0.6 is 24.0 Å². The molecule has 0 unspecified atom stereocenters. The van der Waals surface area contributed by atoms with Crippen molar-refractivity contribution in [3.63, 3.8) is 0 Å². The van der Waals surface area contributed by atoms with Gasteiger partial charge in [0.25, 0.3) is 0 Å². The van der Waals surface area contributed by atoms with E-state index in [0.717, 1.165) is 23.7 Å². The fraction of sp³-hybridized carbons (Fsp3) is 0.533. The van der Waals surface area contributed by atoms with Gasteiger partial charge in [-0.25, -0.2) is 0 Å². The summed E-state index contributed by atoms with van der Waals surface area (Å²) < 4.78 is 10.7. The summed E-state index contributed by atoms with van der Waals surface area (Å²) in [6, 6.07) is 4.20. The number of methoxy groups -OCH3 is 1. The molecule has 0 spiro atoms. The molecule has 120 valence electrons. The van der Waals surface area contributed by atoms with Crippen molar-refractivity contribution in [3.8, 4) is 5.75 Å². The van der Waals surface area contributed by atoms with E-state index in [1.807, 2.05) is 12.1 Å². The Morgan fingerprint density at radius 1 is 1.36 bits per heavy atom. The van der Waals surface area contributed by atoms with Crippen molar-refractivity contribution in [3.05, 3.63) is 17.2 Å². The zero-order chi connectivity index (χ0) is 14.4. The Morgan fingerprint density at radius 2 is 2.14 bits per heavy atom. The number of halogens is 2. The average Bonchev–Trinajstić information content (AvgIpc) is 2.91. The van der Waals surface area contributed by atoms with Gasteiger partial charge in [-0.15, -0.1) is 12.4 Å². The monoisotopic (exact) mass is 343 g/mol. The van der Waals surface area contributed by atoms with E-state index in [4.69, 9.17) is 20.9 Å². The first-order valence-corrected chi connectivity index (χ1v) is 7.75. The van der Waals surface area contributed by atoms with Crippen molar-refractivity contribution < 1.29 is 9.26 Å². The number of hydrogen-bond acceptors (Lipinski definition) is 5. The predicted octanol–water partition coefficient (Wildman–Crippen LogP) is 3.42. The van der Waals surface area contributed by atoms with Gasteiger partial charge >= 0.3 is 0 Å². The minimum absolute atomic E-state index is 0. The summed E-state index contributed by atoms with van der Waals surface area (Å²) in [5, 5.41) is 9.20. The van der Waals surface area contributed by atoms with E-state index in [2.05, 4.69) is 15.4 Å². The lowest BCUT2D eigenvalue weighted by Crippen LogP contribution is -2.53. The number of nitrogens with zero attached hydrogens (tertiary/aromatic N) is 2. The molecular weight excluding hydrogens is 325 g/mol. The summed E-state index contributed by atoms with van der Waals surface area (Å²) >= 11 is 6.12. The van der Waals surface area contributed by atoms with Gasteiger partial charge in [0, 0.05) is 12.6 Å². The van der Waals surface area contributed by atoms with E-state index in [0.29, 0.717) is 22.4 Å². The maximum atomic E-state index is 6.12. The van der Waals surface area contributed by atoms with Gasteiger partial charge in [0.15, 0.2) is 11.6 Å². The molecule has 0 amide bonds. The van der Waals surface area contributed by atoms with Crippen LogP contribution in [0.4, 0.5) is 5.82 Å². The maximum absolute atomic E-state index is 6.12. The minimum atomic E-state index is 0. The highest BCUT2D eigenvalue weighted by atomic mass is 35.5. The van der Waals surface area contributed by atoms with E-state index in [-0.39, 0.29) is 12.4 Å². The number of benzene rings is 1. The molecular formula is C15H19Cl2N3O2. The van der Waals surface area contributed by atoms with Crippen LogP contribution in [0.15, 0.2) is 16.7 Å². The highest BCUT2D eigenvalue weighted by Crippen LogP contribution is 2.37. The fourth-order valence-electron chi connectivity index (χ4n) is 3.55. The van der Waals surface area contributed by atoms with E-state index in [1.165, 1.54) is 25.9 Å². The van der Waals surface area contributed by atoms with Crippen molar-refractivity contribution >= 4 is 40.8 Å². The molecule has 1 atom stereocenters. The molecule has 7 heteroatoms. The Balaban J connectivity index is 0.00000144. The number of nitrogens with one attached hydrogen (secondary N) is 1. The third kappa shape index (κ3) is 2.51. The number of rotatable bonds is 3. The van der Waals surface area contributed by atoms with Gasteiger partial charge in [-0.1, -0.05) is 16.8 Å². The lowest BCUT2D eigenvalue weighted by Gasteiger charge is -2.44. The maximum Gasteiger partial charge on any atom is 0.212 e. The zero-order valence-corrected chi connectivity index (χ0v) is 13.9. The topological polar surface area (TPSA) is 50.5 Å². The molecule has 2 aromatic rings. The lowest BCUT2D eigenvalue weighted by molar-refractivity contribution is 0.0973. The summed E-state index contributed by atoms with van der Waals surface area (Å²) in [7, 11) is 1.59. The molecule has 3 aliphatic rings. The average molecular weight is 344 g/mol. The van der Waals surface area contributed by atoms with Gasteiger partial charge < -0.3 is 19.5 Å². The van der Waals surface area contributed by atoms with Gasteiger partial charge in [-0.05, 0) is 44.0 Å². The largest absolute Gasteiger partial charge is 0.491 e. The SMILES string of the molecule is COc1c(Cl)ccc2c(N[C@H]3CN4CCC3CC4)noc12.Cl. The van der Waals surface area contributed by atoms with Crippen LogP contribution in [0.3, 0.4) is 0 Å². The van der Waals surface area contributed by atoms with Gasteiger partial charge in [-0.2, -0.15) is 0 Å². The van der Waals surface area contributed by atoms with Crippen LogP contribution in [0, 0.1) is 5.92 Å². The quantitative estimate of drug-likeness (QED) is 0.925. The normalized spacial score (nSPS) is 26.7. The molecule has 22 heavy (non-hydrogen) atoms. The summed E-state index contributed by atoms with van der Waals surface area (Å²) in [4.78, 5) is 2.51. The molecule has 3 fully saturated rings. The zero-order valence-electron chi connectivity index (χ0n) is 12.3. The van der Waals surface area contributed by atoms with Crippen LogP contribution in [0.25, 0.3) is 11.0 Å². The summed E-state index contributed by atoms with van der Waals surface area (Å²) in [6.07, 6.45) is 2.53. The molecule has 4 heterocycles. The number of hydrogen-bond donors (Lipinski definition) is 1. The van der Waals surface area contributed by atoms with Crippen LogP contribution in [0.1, 0.15) is 12.8 Å². The second-order valence-corrected chi connectivity index (χ2v) is 6.28. The Hall–Kier alpha value is -1.17. The molecule has 3 saturated heterocycles. The Labute approximate surface area is 140 Å². The number of anilines is 1. The molecule has 2 bridgehead atoms. The van der Waals surface area contributed by atoms with Crippen LogP contribution < -0.4 is 10.1 Å². The van der Waals surface area contributed by atoms with E-state index in [1.54, 1.807) is 7.11 Å². The van der Waals surface area contributed by atoms with Gasteiger partial charge in [-0.3, -0.25) is 0 Å². The lowest BCUT2D eigenvalue weighted by atomic mass is 9.84.